The molecule has 188 valence electrons. The Hall–Kier alpha value is -3.09. The number of carboxylic acid groups (broad SMARTS) is 4. The molecule has 0 spiro atoms. The van der Waals surface area contributed by atoms with Gasteiger partial charge in [0.05, 0.1) is 12.8 Å². The number of nitrogens with two attached hydrogens (primary N) is 1. The second-order valence-electron chi connectivity index (χ2n) is 4.69. The SMILES string of the molecule is C#CCOC(=O)Cl.C#CCOC(=O)N[C@H](CC(=O)O)C(=O)O.N[C@H](CC(=O)O)C(=O)O.O.[Na+].[OH-]. The summed E-state index contributed by atoms with van der Waals surface area (Å²) in [5, 5.41) is 34.7. The van der Waals surface area contributed by atoms with Gasteiger partial charge in [0.25, 0.3) is 0 Å². The zero-order chi connectivity index (χ0) is 25.0. The van der Waals surface area contributed by atoms with E-state index in [2.05, 4.69) is 15.4 Å². The van der Waals surface area contributed by atoms with E-state index in [1.54, 1.807) is 0 Å². The van der Waals surface area contributed by atoms with E-state index in [1.807, 2.05) is 11.2 Å². The van der Waals surface area contributed by atoms with Crippen LogP contribution in [0.3, 0.4) is 0 Å². The van der Waals surface area contributed by atoms with Crippen molar-refractivity contribution < 1.29 is 99.2 Å². The maximum Gasteiger partial charge on any atom is 1.00 e. The molecular formula is C16H22ClN2NaO14. The van der Waals surface area contributed by atoms with Gasteiger partial charge in [0.2, 0.25) is 0 Å². The van der Waals surface area contributed by atoms with Gasteiger partial charge in [0.15, 0.2) is 13.2 Å². The van der Waals surface area contributed by atoms with Crippen LogP contribution in [0.4, 0.5) is 9.59 Å². The van der Waals surface area contributed by atoms with Crippen LogP contribution in [0.25, 0.3) is 0 Å². The van der Waals surface area contributed by atoms with Gasteiger partial charge in [0, 0.05) is 11.6 Å². The summed E-state index contributed by atoms with van der Waals surface area (Å²) < 4.78 is 8.39. The Morgan fingerprint density at radius 1 is 0.882 bits per heavy atom. The van der Waals surface area contributed by atoms with Gasteiger partial charge >= 0.3 is 65.0 Å². The molecule has 0 fully saturated rings. The van der Waals surface area contributed by atoms with Gasteiger partial charge in [-0.3, -0.25) is 14.4 Å². The standard InChI is InChI=1S/C8H9NO6.C4H3ClO2.C4H7NO4.Na.2H2O/c1-2-3-15-8(14)9-5(7(12)13)4-6(10)11;1-2-3-7-4(5)6;5-2(4(8)9)1-3(6)7;;;/h1,5H,3-4H2,(H,9,14)(H,10,11)(H,12,13);1H,3H2;2H,1,5H2,(H,6,7)(H,8,9);;2*1H2/q;;;+1;;/p-1/t5-;;2-;;;/m1.1.../s1. The van der Waals surface area contributed by atoms with Crippen LogP contribution >= 0.6 is 11.6 Å². The van der Waals surface area contributed by atoms with Crippen LogP contribution in [0.2, 0.25) is 0 Å². The molecule has 0 radical (unpaired) electrons. The molecule has 0 heterocycles. The Kier molecular flexibility index (Phi) is 36.6. The third-order valence-electron chi connectivity index (χ3n) is 2.24. The predicted octanol–water partition coefficient (Wildman–Crippen LogP) is -4.86. The first kappa shape index (κ1) is 44.6. The van der Waals surface area contributed by atoms with E-state index in [0.29, 0.717) is 0 Å². The van der Waals surface area contributed by atoms with E-state index in [1.165, 1.54) is 0 Å². The number of carbonyl (C=O) groups excluding carboxylic acids is 2. The minimum Gasteiger partial charge on any atom is -0.870 e. The molecule has 0 saturated carbocycles. The minimum atomic E-state index is -1.53. The Morgan fingerprint density at radius 3 is 1.53 bits per heavy atom. The summed E-state index contributed by atoms with van der Waals surface area (Å²) in [5.41, 5.74) is 3.97. The minimum absolute atomic E-state index is 0. The van der Waals surface area contributed by atoms with Crippen LogP contribution in [0.5, 0.6) is 0 Å². The smallest absolute Gasteiger partial charge is 0.870 e. The number of carbonyl (C=O) groups is 6. The number of rotatable bonds is 9. The van der Waals surface area contributed by atoms with Gasteiger partial charge in [-0.1, -0.05) is 11.8 Å². The van der Waals surface area contributed by atoms with Gasteiger partial charge < -0.3 is 51.9 Å². The molecule has 0 rings (SSSR count). The molecule has 1 amide bonds. The number of ether oxygens (including phenoxy) is 2. The molecule has 0 unspecified atom stereocenters. The van der Waals surface area contributed by atoms with Crippen molar-refractivity contribution in [2.45, 2.75) is 24.9 Å². The molecule has 0 bridgehead atoms. The summed E-state index contributed by atoms with van der Waals surface area (Å²) in [6, 6.07) is -2.82. The number of hydrogen-bond donors (Lipinski definition) is 6. The monoisotopic (exact) mass is 524 g/mol. The summed E-state index contributed by atoms with van der Waals surface area (Å²) >= 11 is 4.70. The van der Waals surface area contributed by atoms with Crippen molar-refractivity contribution in [1.29, 1.82) is 0 Å². The van der Waals surface area contributed by atoms with Crippen LogP contribution in [0.15, 0.2) is 0 Å². The van der Waals surface area contributed by atoms with Crippen LogP contribution in [-0.4, -0.2) is 92.1 Å². The van der Waals surface area contributed by atoms with E-state index in [0.717, 1.165) is 0 Å². The summed E-state index contributed by atoms with van der Waals surface area (Å²) in [6.45, 7) is -0.367. The molecule has 0 aliphatic heterocycles. The van der Waals surface area contributed by atoms with Gasteiger partial charge in [-0.15, -0.1) is 12.8 Å². The van der Waals surface area contributed by atoms with Gasteiger partial charge in [-0.05, 0) is 0 Å². The molecule has 10 N–H and O–H groups in total. The summed E-state index contributed by atoms with van der Waals surface area (Å²) in [7, 11) is 0. The third kappa shape index (κ3) is 36.3. The fourth-order valence-electron chi connectivity index (χ4n) is 1.04. The number of hydrogen-bond acceptors (Lipinski definition) is 10. The topological polar surface area (TPSA) is 301 Å². The molecule has 0 aromatic carbocycles. The molecule has 0 aliphatic rings. The van der Waals surface area contributed by atoms with Crippen LogP contribution in [0, 0.1) is 24.7 Å². The van der Waals surface area contributed by atoms with Crippen molar-refractivity contribution in [3.05, 3.63) is 0 Å². The van der Waals surface area contributed by atoms with Crippen molar-refractivity contribution in [3.63, 3.8) is 0 Å². The number of aliphatic carboxylic acids is 4. The average molecular weight is 525 g/mol. The molecule has 0 aromatic rings. The Bertz CT molecular complexity index is 734. The zero-order valence-corrected chi connectivity index (χ0v) is 20.4. The van der Waals surface area contributed by atoms with Gasteiger partial charge in [-0.2, -0.15) is 0 Å². The first-order valence-corrected chi connectivity index (χ1v) is 7.93. The molecule has 0 aliphatic carbocycles. The third-order valence-corrected chi connectivity index (χ3v) is 2.35. The van der Waals surface area contributed by atoms with Crippen LogP contribution in [-0.2, 0) is 28.7 Å². The maximum absolute atomic E-state index is 10.8. The van der Waals surface area contributed by atoms with Crippen molar-refractivity contribution >= 4 is 47.0 Å². The van der Waals surface area contributed by atoms with Crippen molar-refractivity contribution in [2.75, 3.05) is 13.2 Å². The molecule has 2 atom stereocenters. The summed E-state index contributed by atoms with van der Waals surface area (Å²) in [4.78, 5) is 60.8. The van der Waals surface area contributed by atoms with Crippen molar-refractivity contribution in [1.82, 2.24) is 5.32 Å². The number of alkyl carbamates (subject to hydrolysis) is 1. The molecule has 18 heteroatoms. The van der Waals surface area contributed by atoms with E-state index in [4.69, 9.17) is 50.6 Å². The van der Waals surface area contributed by atoms with Crippen molar-refractivity contribution in [3.8, 4) is 24.7 Å². The number of carboxylic acids is 4. The fraction of sp³-hybridized carbons (Fsp3) is 0.375. The van der Waals surface area contributed by atoms with Crippen LogP contribution < -0.4 is 40.6 Å². The molecule has 16 nitrogen and oxygen atoms in total. The van der Waals surface area contributed by atoms with Crippen molar-refractivity contribution in [2.24, 2.45) is 5.73 Å². The Balaban J connectivity index is -0.0000000895. The van der Waals surface area contributed by atoms with Crippen LogP contribution in [0.1, 0.15) is 12.8 Å². The second-order valence-corrected chi connectivity index (χ2v) is 4.99. The zero-order valence-electron chi connectivity index (χ0n) is 17.6. The maximum atomic E-state index is 10.8. The number of amides is 1. The number of halogens is 1. The second kappa shape index (κ2) is 27.9. The molecule has 0 aromatic heterocycles. The Labute approximate surface area is 219 Å². The number of nitrogens with one attached hydrogen (secondary N) is 1. The molecule has 34 heavy (non-hydrogen) atoms. The average Bonchev–Trinajstić information content (AvgIpc) is 2.64. The van der Waals surface area contributed by atoms with Gasteiger partial charge in [-0.25, -0.2) is 14.4 Å². The first-order valence-electron chi connectivity index (χ1n) is 7.55. The Morgan fingerprint density at radius 2 is 1.29 bits per heavy atom. The summed E-state index contributed by atoms with van der Waals surface area (Å²) in [5.74, 6) is -1.24. The van der Waals surface area contributed by atoms with E-state index in [-0.39, 0.29) is 53.7 Å². The van der Waals surface area contributed by atoms with Gasteiger partial charge in [0.1, 0.15) is 12.1 Å². The normalized spacial score (nSPS) is 9.53. The van der Waals surface area contributed by atoms with E-state index in [9.17, 15) is 28.8 Å². The van der Waals surface area contributed by atoms with E-state index < -0.39 is 60.3 Å². The molecule has 0 saturated heterocycles. The predicted molar refractivity (Wildman–Crippen MR) is 106 cm³/mol. The molecular weight excluding hydrogens is 503 g/mol. The largest absolute Gasteiger partial charge is 1.00 e. The summed E-state index contributed by atoms with van der Waals surface area (Å²) in [6.07, 6.45) is 7.14. The quantitative estimate of drug-likeness (QED) is 0.0935. The first-order chi connectivity index (χ1) is 14.3. The fourth-order valence-corrected chi connectivity index (χ4v) is 1.09. The van der Waals surface area contributed by atoms with E-state index >= 15 is 0 Å². The number of terminal acetylenes is 2.